The summed E-state index contributed by atoms with van der Waals surface area (Å²) in [6, 6.07) is 0. The van der Waals surface area contributed by atoms with Gasteiger partial charge in [0.15, 0.2) is 0 Å². The second-order valence-corrected chi connectivity index (χ2v) is 5.86. The zero-order chi connectivity index (χ0) is 11.8. The predicted octanol–water partition coefficient (Wildman–Crippen LogP) is 3.88. The van der Waals surface area contributed by atoms with Gasteiger partial charge in [-0.1, -0.05) is 27.7 Å². The van der Waals surface area contributed by atoms with Crippen LogP contribution in [0.15, 0.2) is 6.20 Å². The first-order valence-electron chi connectivity index (χ1n) is 5.83. The topological polar surface area (TPSA) is 17.8 Å². The van der Waals surface area contributed by atoms with Gasteiger partial charge < -0.3 is 4.57 Å². The molecule has 0 unspecified atom stereocenters. The highest BCUT2D eigenvalue weighted by molar-refractivity contribution is 5.14. The molecule has 1 aromatic rings. The van der Waals surface area contributed by atoms with Gasteiger partial charge in [-0.15, -0.1) is 0 Å². The van der Waals surface area contributed by atoms with Crippen LogP contribution in [0.25, 0.3) is 0 Å². The van der Waals surface area contributed by atoms with Crippen LogP contribution in [0.2, 0.25) is 0 Å². The summed E-state index contributed by atoms with van der Waals surface area (Å²) in [5.41, 5.74) is 1.46. The molecule has 0 radical (unpaired) electrons. The van der Waals surface area contributed by atoms with Crippen LogP contribution < -0.4 is 0 Å². The highest BCUT2D eigenvalue weighted by Crippen LogP contribution is 2.28. The Morgan fingerprint density at radius 3 is 1.93 bits per heavy atom. The minimum absolute atomic E-state index is 0.121. The van der Waals surface area contributed by atoms with Crippen molar-refractivity contribution >= 4 is 0 Å². The number of hydrogen-bond donors (Lipinski definition) is 0. The lowest BCUT2D eigenvalue weighted by Crippen LogP contribution is -2.27. The van der Waals surface area contributed by atoms with Gasteiger partial charge in [0.1, 0.15) is 5.82 Å². The molecule has 0 saturated carbocycles. The van der Waals surface area contributed by atoms with Crippen LogP contribution in [0.4, 0.5) is 0 Å². The zero-order valence-corrected chi connectivity index (χ0v) is 11.1. The van der Waals surface area contributed by atoms with Crippen LogP contribution in [0.3, 0.4) is 0 Å². The van der Waals surface area contributed by atoms with E-state index in [9.17, 15) is 0 Å². The first kappa shape index (κ1) is 12.3. The summed E-state index contributed by atoms with van der Waals surface area (Å²) >= 11 is 0. The third kappa shape index (κ3) is 2.42. The van der Waals surface area contributed by atoms with Crippen LogP contribution in [-0.4, -0.2) is 9.55 Å². The predicted molar refractivity (Wildman–Crippen MR) is 65.4 cm³/mol. The van der Waals surface area contributed by atoms with Crippen molar-refractivity contribution in [2.45, 2.75) is 65.8 Å². The van der Waals surface area contributed by atoms with E-state index in [-0.39, 0.29) is 5.54 Å². The Hall–Kier alpha value is -0.790. The van der Waals surface area contributed by atoms with Crippen molar-refractivity contribution in [3.63, 3.8) is 0 Å². The second-order valence-electron chi connectivity index (χ2n) is 5.86. The van der Waals surface area contributed by atoms with Crippen molar-refractivity contribution in [3.8, 4) is 0 Å². The lowest BCUT2D eigenvalue weighted by molar-refractivity contribution is 0.361. The van der Waals surface area contributed by atoms with Gasteiger partial charge in [0.05, 0.1) is 0 Å². The summed E-state index contributed by atoms with van der Waals surface area (Å²) in [5.74, 6) is 2.21. The summed E-state index contributed by atoms with van der Waals surface area (Å²) in [6.07, 6.45) is 2.03. The van der Waals surface area contributed by atoms with Gasteiger partial charge in [-0.3, -0.25) is 0 Å². The maximum Gasteiger partial charge on any atom is 0.111 e. The number of aromatic nitrogens is 2. The van der Waals surface area contributed by atoms with E-state index in [1.165, 1.54) is 11.5 Å². The quantitative estimate of drug-likeness (QED) is 0.721. The van der Waals surface area contributed by atoms with Crippen molar-refractivity contribution in [2.24, 2.45) is 0 Å². The molecule has 86 valence electrons. The number of hydrogen-bond acceptors (Lipinski definition) is 1. The number of nitrogens with zero attached hydrogens (tertiary/aromatic N) is 2. The standard InChI is InChI=1S/C13H24N2/c1-9(2)11-8-14-12(10(3)4)15(11)13(5,6)7/h8-10H,1-7H3. The molecular formula is C13H24N2. The van der Waals surface area contributed by atoms with E-state index in [1.54, 1.807) is 0 Å². The molecular weight excluding hydrogens is 184 g/mol. The van der Waals surface area contributed by atoms with E-state index < -0.39 is 0 Å². The Morgan fingerprint density at radius 2 is 1.60 bits per heavy atom. The normalized spacial score (nSPS) is 12.9. The van der Waals surface area contributed by atoms with Crippen molar-refractivity contribution in [1.82, 2.24) is 9.55 Å². The third-order valence-corrected chi connectivity index (χ3v) is 2.60. The molecule has 0 atom stereocenters. The van der Waals surface area contributed by atoms with Gasteiger partial charge in [0.2, 0.25) is 0 Å². The number of imidazole rings is 1. The maximum absolute atomic E-state index is 4.57. The van der Waals surface area contributed by atoms with E-state index in [4.69, 9.17) is 0 Å². The van der Waals surface area contributed by atoms with Gasteiger partial charge in [0.25, 0.3) is 0 Å². The monoisotopic (exact) mass is 208 g/mol. The van der Waals surface area contributed by atoms with Crippen molar-refractivity contribution in [3.05, 3.63) is 17.7 Å². The van der Waals surface area contributed by atoms with Gasteiger partial charge in [-0.05, 0) is 26.7 Å². The highest BCUT2D eigenvalue weighted by Gasteiger charge is 2.23. The van der Waals surface area contributed by atoms with Crippen LogP contribution in [0.5, 0.6) is 0 Å². The molecule has 0 saturated heterocycles. The second kappa shape index (κ2) is 3.99. The zero-order valence-electron chi connectivity index (χ0n) is 11.1. The third-order valence-electron chi connectivity index (χ3n) is 2.60. The minimum Gasteiger partial charge on any atom is -0.326 e. The summed E-state index contributed by atoms with van der Waals surface area (Å²) < 4.78 is 2.39. The molecule has 1 rings (SSSR count). The fraction of sp³-hybridized carbons (Fsp3) is 0.769. The Morgan fingerprint density at radius 1 is 1.07 bits per heavy atom. The fourth-order valence-electron chi connectivity index (χ4n) is 1.93. The molecule has 15 heavy (non-hydrogen) atoms. The molecule has 0 aliphatic heterocycles. The van der Waals surface area contributed by atoms with Gasteiger partial charge in [-0.25, -0.2) is 4.98 Å². The smallest absolute Gasteiger partial charge is 0.111 e. The molecule has 0 aliphatic carbocycles. The average molecular weight is 208 g/mol. The molecule has 2 nitrogen and oxygen atoms in total. The minimum atomic E-state index is 0.121. The molecule has 0 bridgehead atoms. The van der Waals surface area contributed by atoms with E-state index in [0.717, 1.165) is 0 Å². The lowest BCUT2D eigenvalue weighted by Gasteiger charge is -2.28. The van der Waals surface area contributed by atoms with E-state index >= 15 is 0 Å². The molecule has 0 N–H and O–H groups in total. The molecule has 0 spiro atoms. The van der Waals surface area contributed by atoms with Crippen molar-refractivity contribution < 1.29 is 0 Å². The van der Waals surface area contributed by atoms with Crippen LogP contribution in [0.1, 0.15) is 71.8 Å². The van der Waals surface area contributed by atoms with Crippen molar-refractivity contribution in [2.75, 3.05) is 0 Å². The highest BCUT2D eigenvalue weighted by atomic mass is 15.1. The summed E-state index contributed by atoms with van der Waals surface area (Å²) in [7, 11) is 0. The van der Waals surface area contributed by atoms with E-state index in [0.29, 0.717) is 11.8 Å². The molecule has 1 heterocycles. The Kier molecular flexibility index (Phi) is 3.27. The average Bonchev–Trinajstić information content (AvgIpc) is 2.45. The van der Waals surface area contributed by atoms with Crippen LogP contribution in [0, 0.1) is 0 Å². The molecule has 0 aromatic carbocycles. The first-order valence-corrected chi connectivity index (χ1v) is 5.83. The van der Waals surface area contributed by atoms with Gasteiger partial charge >= 0.3 is 0 Å². The Labute approximate surface area is 93.7 Å². The molecule has 2 heteroatoms. The van der Waals surface area contributed by atoms with Crippen molar-refractivity contribution in [1.29, 1.82) is 0 Å². The Balaban J connectivity index is 3.34. The largest absolute Gasteiger partial charge is 0.326 e. The molecule has 1 aromatic heterocycles. The molecule has 0 amide bonds. The number of rotatable bonds is 2. The summed E-state index contributed by atoms with van der Waals surface area (Å²) in [5, 5.41) is 0. The summed E-state index contributed by atoms with van der Waals surface area (Å²) in [6.45, 7) is 15.6. The summed E-state index contributed by atoms with van der Waals surface area (Å²) in [4.78, 5) is 4.57. The fourth-order valence-corrected chi connectivity index (χ4v) is 1.93. The first-order chi connectivity index (χ1) is 6.75. The SMILES string of the molecule is CC(C)c1cnc(C(C)C)n1C(C)(C)C. The maximum atomic E-state index is 4.57. The van der Waals surface area contributed by atoms with Gasteiger partial charge in [0, 0.05) is 23.3 Å². The van der Waals surface area contributed by atoms with E-state index in [1.807, 2.05) is 6.20 Å². The van der Waals surface area contributed by atoms with E-state index in [2.05, 4.69) is 58.0 Å². The Bertz CT molecular complexity index is 301. The van der Waals surface area contributed by atoms with Crippen LogP contribution in [-0.2, 0) is 5.54 Å². The lowest BCUT2D eigenvalue weighted by atomic mass is 10.0. The van der Waals surface area contributed by atoms with Crippen LogP contribution >= 0.6 is 0 Å². The molecule has 0 fully saturated rings. The molecule has 0 aliphatic rings. The van der Waals surface area contributed by atoms with Gasteiger partial charge in [-0.2, -0.15) is 0 Å².